The second-order valence-corrected chi connectivity index (χ2v) is 7.31. The van der Waals surface area contributed by atoms with Crippen LogP contribution in [0.4, 0.5) is 0 Å². The molecule has 0 bridgehead atoms. The molecule has 2 aromatic rings. The first-order chi connectivity index (χ1) is 15.0. The number of carbonyl (C=O) groups excluding carboxylic acids is 1. The molecule has 0 radical (unpaired) electrons. The lowest BCUT2D eigenvalue weighted by molar-refractivity contribution is 0.0525. The summed E-state index contributed by atoms with van der Waals surface area (Å²) in [5.74, 6) is -0.143. The number of aliphatic hydroxyl groups excluding tert-OH is 1. The third kappa shape index (κ3) is 5.03. The van der Waals surface area contributed by atoms with Crippen LogP contribution in [0.1, 0.15) is 47.8 Å². The number of rotatable bonds is 7. The van der Waals surface area contributed by atoms with Crippen molar-refractivity contribution >= 4 is 5.97 Å². The van der Waals surface area contributed by atoms with Crippen LogP contribution in [-0.2, 0) is 24.2 Å². The number of ether oxygens (including phenoxy) is 2. The zero-order valence-corrected chi connectivity index (χ0v) is 17.4. The Hall–Kier alpha value is -3.38. The van der Waals surface area contributed by atoms with Crippen molar-refractivity contribution in [2.75, 3.05) is 13.2 Å². The molecule has 1 atom stereocenters. The Labute approximate surface area is 179 Å². The van der Waals surface area contributed by atoms with E-state index in [0.29, 0.717) is 30.0 Å². The third-order valence-electron chi connectivity index (χ3n) is 5.12. The Morgan fingerprint density at radius 1 is 1.29 bits per heavy atom. The Balaban J connectivity index is 1.76. The highest BCUT2D eigenvalue weighted by molar-refractivity contribution is 5.89. The highest BCUT2D eigenvalue weighted by Gasteiger charge is 2.22. The fourth-order valence-electron chi connectivity index (χ4n) is 3.63. The summed E-state index contributed by atoms with van der Waals surface area (Å²) in [6, 6.07) is 8.24. The summed E-state index contributed by atoms with van der Waals surface area (Å²) in [6.07, 6.45) is 1.86. The Bertz CT molecular complexity index is 1110. The van der Waals surface area contributed by atoms with E-state index < -0.39 is 23.3 Å². The molecule has 0 unspecified atom stereocenters. The van der Waals surface area contributed by atoms with E-state index in [9.17, 15) is 24.8 Å². The highest BCUT2D eigenvalue weighted by atomic mass is 16.5. The predicted octanol–water partition coefficient (Wildman–Crippen LogP) is 1.22. The maximum atomic E-state index is 12.9. The molecule has 0 aliphatic carbocycles. The molecule has 9 heteroatoms. The van der Waals surface area contributed by atoms with E-state index in [1.165, 1.54) is 10.6 Å². The van der Waals surface area contributed by atoms with Crippen molar-refractivity contribution in [2.24, 2.45) is 0 Å². The summed E-state index contributed by atoms with van der Waals surface area (Å²) in [7, 11) is 0. The lowest BCUT2D eigenvalue weighted by Crippen LogP contribution is -2.45. The minimum Gasteiger partial charge on any atom is -0.491 e. The van der Waals surface area contributed by atoms with Crippen LogP contribution in [0.15, 0.2) is 33.9 Å². The van der Waals surface area contributed by atoms with Crippen molar-refractivity contribution in [1.29, 1.82) is 5.26 Å². The van der Waals surface area contributed by atoms with Gasteiger partial charge in [0.25, 0.3) is 5.56 Å². The fraction of sp³-hybridized carbons (Fsp3) is 0.455. The molecule has 1 aromatic carbocycles. The van der Waals surface area contributed by atoms with Crippen molar-refractivity contribution in [3.8, 4) is 11.8 Å². The van der Waals surface area contributed by atoms with E-state index in [0.717, 1.165) is 23.8 Å². The number of carbonyl (C=O) groups is 1. The van der Waals surface area contributed by atoms with Gasteiger partial charge in [0.15, 0.2) is 0 Å². The van der Waals surface area contributed by atoms with Crippen molar-refractivity contribution < 1.29 is 19.4 Å². The number of hydrogen-bond donors (Lipinski definition) is 1. The minimum atomic E-state index is -1.17. The normalized spacial score (nSPS) is 14.1. The summed E-state index contributed by atoms with van der Waals surface area (Å²) >= 11 is 0. The molecule has 0 fully saturated rings. The van der Waals surface area contributed by atoms with Crippen LogP contribution in [0, 0.1) is 11.3 Å². The summed E-state index contributed by atoms with van der Waals surface area (Å²) in [5.41, 5.74) is -0.467. The molecule has 3 rings (SSSR count). The Morgan fingerprint density at radius 2 is 2.10 bits per heavy atom. The lowest BCUT2D eigenvalue weighted by Gasteiger charge is -2.17. The van der Waals surface area contributed by atoms with Crippen LogP contribution in [0.5, 0.6) is 5.75 Å². The van der Waals surface area contributed by atoms with Gasteiger partial charge >= 0.3 is 11.7 Å². The molecule has 1 aliphatic rings. The summed E-state index contributed by atoms with van der Waals surface area (Å²) in [5, 5.41) is 19.9. The van der Waals surface area contributed by atoms with Crippen molar-refractivity contribution in [3.63, 3.8) is 0 Å². The molecule has 2 heterocycles. The molecule has 0 saturated heterocycles. The van der Waals surface area contributed by atoms with Gasteiger partial charge in [-0.15, -0.1) is 0 Å². The number of esters is 1. The van der Waals surface area contributed by atoms with E-state index in [1.807, 2.05) is 6.07 Å². The van der Waals surface area contributed by atoms with Crippen molar-refractivity contribution in [1.82, 2.24) is 9.13 Å². The van der Waals surface area contributed by atoms with Gasteiger partial charge in [-0.25, -0.2) is 9.59 Å². The largest absolute Gasteiger partial charge is 0.491 e. The maximum absolute atomic E-state index is 12.9. The van der Waals surface area contributed by atoms with Crippen LogP contribution < -0.4 is 16.0 Å². The molecule has 0 saturated carbocycles. The second-order valence-electron chi connectivity index (χ2n) is 7.31. The predicted molar refractivity (Wildman–Crippen MR) is 111 cm³/mol. The van der Waals surface area contributed by atoms with E-state index in [1.54, 1.807) is 25.1 Å². The van der Waals surface area contributed by atoms with Gasteiger partial charge in [0.1, 0.15) is 30.1 Å². The van der Waals surface area contributed by atoms with Crippen LogP contribution in [0.2, 0.25) is 0 Å². The van der Waals surface area contributed by atoms with Gasteiger partial charge in [0.05, 0.1) is 18.7 Å². The number of hydrogen-bond acceptors (Lipinski definition) is 7. The van der Waals surface area contributed by atoms with E-state index >= 15 is 0 Å². The molecule has 0 amide bonds. The molecule has 9 nitrogen and oxygen atoms in total. The van der Waals surface area contributed by atoms with E-state index in [4.69, 9.17) is 9.47 Å². The first kappa shape index (κ1) is 22.3. The van der Waals surface area contributed by atoms with Crippen LogP contribution in [0.3, 0.4) is 0 Å². The number of benzene rings is 1. The Morgan fingerprint density at radius 3 is 2.84 bits per heavy atom. The summed E-state index contributed by atoms with van der Waals surface area (Å²) < 4.78 is 12.9. The first-order valence-corrected chi connectivity index (χ1v) is 10.3. The average molecular weight is 427 g/mol. The van der Waals surface area contributed by atoms with Gasteiger partial charge < -0.3 is 14.6 Å². The maximum Gasteiger partial charge on any atom is 0.338 e. The van der Waals surface area contributed by atoms with E-state index in [2.05, 4.69) is 0 Å². The molecular formula is C22H25N3O6. The number of nitrogens with zero attached hydrogens (tertiary/aromatic N) is 3. The smallest absolute Gasteiger partial charge is 0.338 e. The SMILES string of the molecule is CCOC(=O)c1cccc(OC[C@@H](O)Cn2c(=O)c(C#N)c3n(c2=O)CCCCC3)c1. The monoisotopic (exact) mass is 427 g/mol. The molecular weight excluding hydrogens is 402 g/mol. The molecule has 0 spiro atoms. The third-order valence-corrected chi connectivity index (χ3v) is 5.12. The standard InChI is InChI=1S/C22H25N3O6/c1-2-30-21(28)15-7-6-8-17(11-15)31-14-16(26)13-25-20(27)18(12-23)19-9-4-3-5-10-24(19)22(25)29/h6-8,11,16,26H,2-5,9-10,13-14H2,1H3/t16-/m0/s1. The van der Waals surface area contributed by atoms with Crippen molar-refractivity contribution in [3.05, 3.63) is 61.9 Å². The van der Waals surface area contributed by atoms with Crippen LogP contribution in [0.25, 0.3) is 0 Å². The van der Waals surface area contributed by atoms with Gasteiger partial charge in [-0.05, 0) is 44.4 Å². The average Bonchev–Trinajstić information content (AvgIpc) is 3.02. The number of nitriles is 1. The van der Waals surface area contributed by atoms with Gasteiger partial charge in [0, 0.05) is 12.2 Å². The van der Waals surface area contributed by atoms with Gasteiger partial charge in [0.2, 0.25) is 0 Å². The van der Waals surface area contributed by atoms with Crippen LogP contribution in [-0.4, -0.2) is 39.5 Å². The zero-order valence-electron chi connectivity index (χ0n) is 17.4. The minimum absolute atomic E-state index is 0.0447. The second kappa shape index (κ2) is 10.1. The summed E-state index contributed by atoms with van der Waals surface area (Å²) in [4.78, 5) is 37.4. The quantitative estimate of drug-likeness (QED) is 0.659. The van der Waals surface area contributed by atoms with E-state index in [-0.39, 0.29) is 25.3 Å². The lowest BCUT2D eigenvalue weighted by atomic mass is 10.1. The fourth-order valence-corrected chi connectivity index (χ4v) is 3.63. The number of fused-ring (bicyclic) bond motifs is 1. The first-order valence-electron chi connectivity index (χ1n) is 10.3. The molecule has 31 heavy (non-hydrogen) atoms. The van der Waals surface area contributed by atoms with Gasteiger partial charge in [-0.3, -0.25) is 13.9 Å². The van der Waals surface area contributed by atoms with Crippen molar-refractivity contribution in [2.45, 2.75) is 51.8 Å². The number of aliphatic hydroxyl groups is 1. The number of aromatic nitrogens is 2. The highest BCUT2D eigenvalue weighted by Crippen LogP contribution is 2.16. The topological polar surface area (TPSA) is 124 Å². The molecule has 164 valence electrons. The summed E-state index contributed by atoms with van der Waals surface area (Å²) in [6.45, 7) is 1.89. The van der Waals surface area contributed by atoms with Gasteiger partial charge in [-0.1, -0.05) is 12.5 Å². The van der Waals surface area contributed by atoms with Crippen LogP contribution >= 0.6 is 0 Å². The Kier molecular flexibility index (Phi) is 7.26. The zero-order chi connectivity index (χ0) is 22.4. The molecule has 1 N–H and O–H groups in total. The molecule has 1 aliphatic heterocycles. The van der Waals surface area contributed by atoms with Gasteiger partial charge in [-0.2, -0.15) is 5.26 Å². The molecule has 1 aromatic heterocycles.